The summed E-state index contributed by atoms with van der Waals surface area (Å²) in [6.45, 7) is 3.88. The van der Waals surface area contributed by atoms with Gasteiger partial charge in [0.05, 0.1) is 0 Å². The predicted molar refractivity (Wildman–Crippen MR) is 61.1 cm³/mol. The van der Waals surface area contributed by atoms with Gasteiger partial charge >= 0.3 is 7.12 Å². The summed E-state index contributed by atoms with van der Waals surface area (Å²) in [6.07, 6.45) is 0. The number of hydrogen-bond donors (Lipinski definition) is 2. The van der Waals surface area contributed by atoms with Crippen molar-refractivity contribution in [2.45, 2.75) is 13.8 Å². The summed E-state index contributed by atoms with van der Waals surface area (Å²) in [7, 11) is -1.38. The predicted octanol–water partition coefficient (Wildman–Crippen LogP) is 1.20. The molecule has 2 rings (SSSR count). The fraction of sp³-hybridized carbons (Fsp3) is 0.200. The van der Waals surface area contributed by atoms with E-state index in [0.29, 0.717) is 5.46 Å². The van der Waals surface area contributed by atoms with Gasteiger partial charge in [0.2, 0.25) is 0 Å². The third kappa shape index (κ3) is 1.36. The molecule has 1 aromatic carbocycles. The fourth-order valence-corrected chi connectivity index (χ4v) is 2.71. The van der Waals surface area contributed by atoms with Crippen LogP contribution in [0.4, 0.5) is 0 Å². The average molecular weight is 206 g/mol. The Balaban J connectivity index is 2.87. The van der Waals surface area contributed by atoms with E-state index < -0.39 is 7.12 Å². The lowest BCUT2D eigenvalue weighted by atomic mass is 9.74. The fourth-order valence-electron chi connectivity index (χ4n) is 1.75. The van der Waals surface area contributed by atoms with Crippen molar-refractivity contribution in [2.75, 3.05) is 0 Å². The summed E-state index contributed by atoms with van der Waals surface area (Å²) in [6, 6.07) is 3.95. The van der Waals surface area contributed by atoms with Crippen LogP contribution >= 0.6 is 11.3 Å². The zero-order chi connectivity index (χ0) is 10.3. The molecule has 2 nitrogen and oxygen atoms in total. The smallest absolute Gasteiger partial charge is 0.423 e. The van der Waals surface area contributed by atoms with E-state index in [9.17, 15) is 10.0 Å². The van der Waals surface area contributed by atoms with Crippen LogP contribution in [0.1, 0.15) is 11.1 Å². The van der Waals surface area contributed by atoms with Crippen molar-refractivity contribution >= 4 is 34.0 Å². The topological polar surface area (TPSA) is 40.5 Å². The summed E-state index contributed by atoms with van der Waals surface area (Å²) in [5.41, 5.74) is 2.67. The molecule has 0 aliphatic heterocycles. The lowest BCUT2D eigenvalue weighted by molar-refractivity contribution is 0.426. The van der Waals surface area contributed by atoms with Crippen molar-refractivity contribution in [2.24, 2.45) is 0 Å². The van der Waals surface area contributed by atoms with Gasteiger partial charge in [0, 0.05) is 4.70 Å². The van der Waals surface area contributed by atoms with Crippen molar-refractivity contribution in [1.82, 2.24) is 0 Å². The molecule has 4 heteroatoms. The zero-order valence-electron chi connectivity index (χ0n) is 8.11. The maximum atomic E-state index is 9.31. The van der Waals surface area contributed by atoms with Crippen LogP contribution in [0.5, 0.6) is 0 Å². The first-order valence-corrected chi connectivity index (χ1v) is 5.32. The van der Waals surface area contributed by atoms with Crippen LogP contribution in [0.2, 0.25) is 0 Å². The Labute approximate surface area is 87.0 Å². The van der Waals surface area contributed by atoms with Crippen LogP contribution in [0.3, 0.4) is 0 Å². The number of fused-ring (bicyclic) bond motifs is 1. The summed E-state index contributed by atoms with van der Waals surface area (Å²) in [4.78, 5) is 0. The lowest BCUT2D eigenvalue weighted by Crippen LogP contribution is -2.32. The molecule has 0 saturated carbocycles. The normalized spacial score (nSPS) is 10.9. The van der Waals surface area contributed by atoms with Gasteiger partial charge in [-0.3, -0.25) is 0 Å². The van der Waals surface area contributed by atoms with Gasteiger partial charge in [-0.2, -0.15) is 0 Å². The molecular formula is C10H11BO2S. The molecule has 2 N–H and O–H groups in total. The molecule has 14 heavy (non-hydrogen) atoms. The first-order chi connectivity index (χ1) is 6.61. The van der Waals surface area contributed by atoms with Gasteiger partial charge in [0.25, 0.3) is 0 Å². The molecule has 1 heterocycles. The van der Waals surface area contributed by atoms with Crippen LogP contribution < -0.4 is 5.46 Å². The summed E-state index contributed by atoms with van der Waals surface area (Å²) >= 11 is 1.63. The van der Waals surface area contributed by atoms with E-state index in [4.69, 9.17) is 0 Å². The summed E-state index contributed by atoms with van der Waals surface area (Å²) in [5.74, 6) is 0. The quantitative estimate of drug-likeness (QED) is 0.688. The molecule has 72 valence electrons. The molecule has 0 amide bonds. The Kier molecular flexibility index (Phi) is 2.35. The lowest BCUT2D eigenvalue weighted by Gasteiger charge is -2.07. The molecule has 0 saturated heterocycles. The van der Waals surface area contributed by atoms with Gasteiger partial charge < -0.3 is 10.0 Å². The highest BCUT2D eigenvalue weighted by molar-refractivity contribution is 7.17. The largest absolute Gasteiger partial charge is 0.489 e. The SMILES string of the molecule is Cc1ccc2scc(C)c2c1B(O)O. The summed E-state index contributed by atoms with van der Waals surface area (Å²) in [5, 5.41) is 21.6. The van der Waals surface area contributed by atoms with Crippen molar-refractivity contribution in [3.05, 3.63) is 28.6 Å². The maximum Gasteiger partial charge on any atom is 0.489 e. The molecule has 0 bridgehead atoms. The van der Waals surface area contributed by atoms with Crippen LogP contribution in [-0.4, -0.2) is 17.2 Å². The Bertz CT molecular complexity index is 476. The number of hydrogen-bond acceptors (Lipinski definition) is 3. The highest BCUT2D eigenvalue weighted by atomic mass is 32.1. The molecule has 0 atom stereocenters. The van der Waals surface area contributed by atoms with Crippen LogP contribution in [0, 0.1) is 13.8 Å². The minimum Gasteiger partial charge on any atom is -0.423 e. The van der Waals surface area contributed by atoms with Gasteiger partial charge in [-0.05, 0) is 41.7 Å². The third-order valence-corrected chi connectivity index (χ3v) is 3.51. The van der Waals surface area contributed by atoms with E-state index in [1.807, 2.05) is 31.4 Å². The van der Waals surface area contributed by atoms with E-state index in [-0.39, 0.29) is 0 Å². The highest BCUT2D eigenvalue weighted by Crippen LogP contribution is 2.24. The van der Waals surface area contributed by atoms with Gasteiger partial charge in [-0.25, -0.2) is 0 Å². The standard InChI is InChI=1S/C10H11BO2S/c1-6-3-4-8-9(7(2)5-14-8)10(6)11(12)13/h3-5,12-13H,1-2H3. The van der Waals surface area contributed by atoms with Crippen molar-refractivity contribution in [1.29, 1.82) is 0 Å². The van der Waals surface area contributed by atoms with Crippen LogP contribution in [0.15, 0.2) is 17.5 Å². The second kappa shape index (κ2) is 3.39. The van der Waals surface area contributed by atoms with Crippen molar-refractivity contribution in [3.8, 4) is 0 Å². The first-order valence-electron chi connectivity index (χ1n) is 4.44. The molecule has 0 aliphatic carbocycles. The van der Waals surface area contributed by atoms with Gasteiger partial charge in [-0.1, -0.05) is 11.6 Å². The Hall–Kier alpha value is -0.835. The number of rotatable bonds is 1. The number of benzene rings is 1. The van der Waals surface area contributed by atoms with Crippen LogP contribution in [0.25, 0.3) is 10.1 Å². The van der Waals surface area contributed by atoms with E-state index in [1.165, 1.54) is 0 Å². The maximum absolute atomic E-state index is 9.31. The zero-order valence-corrected chi connectivity index (χ0v) is 8.93. The monoisotopic (exact) mass is 206 g/mol. The van der Waals surface area contributed by atoms with Crippen LogP contribution in [-0.2, 0) is 0 Å². The van der Waals surface area contributed by atoms with Gasteiger partial charge in [0.15, 0.2) is 0 Å². The summed E-state index contributed by atoms with van der Waals surface area (Å²) < 4.78 is 1.11. The number of aryl methyl sites for hydroxylation is 2. The molecule has 0 aliphatic rings. The first kappa shape index (κ1) is 9.71. The molecule has 0 unspecified atom stereocenters. The molecule has 1 aromatic heterocycles. The Morgan fingerprint density at radius 2 is 1.86 bits per heavy atom. The Morgan fingerprint density at radius 3 is 2.50 bits per heavy atom. The molecular weight excluding hydrogens is 195 g/mol. The Morgan fingerprint density at radius 1 is 1.14 bits per heavy atom. The van der Waals surface area contributed by atoms with Crippen molar-refractivity contribution < 1.29 is 10.0 Å². The second-order valence-corrected chi connectivity index (χ2v) is 4.37. The average Bonchev–Trinajstić information content (AvgIpc) is 2.47. The van der Waals surface area contributed by atoms with E-state index in [1.54, 1.807) is 11.3 Å². The molecule has 2 aromatic rings. The minimum absolute atomic E-state index is 0.640. The molecule has 0 fully saturated rings. The number of thiophene rings is 1. The molecule has 0 radical (unpaired) electrons. The van der Waals surface area contributed by atoms with Crippen molar-refractivity contribution in [3.63, 3.8) is 0 Å². The van der Waals surface area contributed by atoms with E-state index >= 15 is 0 Å². The van der Waals surface area contributed by atoms with Gasteiger partial charge in [0.1, 0.15) is 0 Å². The molecule has 0 spiro atoms. The second-order valence-electron chi connectivity index (χ2n) is 3.46. The van der Waals surface area contributed by atoms with Gasteiger partial charge in [-0.15, -0.1) is 11.3 Å². The minimum atomic E-state index is -1.38. The van der Waals surface area contributed by atoms with E-state index in [0.717, 1.165) is 21.2 Å². The third-order valence-electron chi connectivity index (χ3n) is 2.44. The van der Waals surface area contributed by atoms with E-state index in [2.05, 4.69) is 0 Å². The highest BCUT2D eigenvalue weighted by Gasteiger charge is 2.19.